The highest BCUT2D eigenvalue weighted by Crippen LogP contribution is 2.26. The summed E-state index contributed by atoms with van der Waals surface area (Å²) in [6, 6.07) is 15.2. The first-order valence-corrected chi connectivity index (χ1v) is 12.5. The molecule has 178 valence electrons. The maximum atomic E-state index is 12.8. The Balaban J connectivity index is 1.95. The lowest BCUT2D eigenvalue weighted by Gasteiger charge is -2.25. The van der Waals surface area contributed by atoms with E-state index in [4.69, 9.17) is 22.7 Å². The summed E-state index contributed by atoms with van der Waals surface area (Å²) in [6.45, 7) is 3.72. The summed E-state index contributed by atoms with van der Waals surface area (Å²) in [5.74, 6) is -0.0291. The summed E-state index contributed by atoms with van der Waals surface area (Å²) < 4.78 is 6.52. The number of unbranched alkanes of at least 4 members (excludes halogenated alkanes) is 3. The third-order valence-electron chi connectivity index (χ3n) is 5.10. The van der Waals surface area contributed by atoms with Crippen molar-refractivity contribution < 1.29 is 14.3 Å². The summed E-state index contributed by atoms with van der Waals surface area (Å²) in [6.07, 6.45) is 5.41. The number of hydrogen-bond donors (Lipinski definition) is 2. The van der Waals surface area contributed by atoms with Gasteiger partial charge in [-0.25, -0.2) is 0 Å². The van der Waals surface area contributed by atoms with Gasteiger partial charge in [-0.05, 0) is 64.8 Å². The van der Waals surface area contributed by atoms with E-state index < -0.39 is 5.91 Å². The minimum absolute atomic E-state index is 0.153. The lowest BCUT2D eigenvalue weighted by Crippen LogP contribution is -2.44. The number of carbonyl (C=O) groups is 2. The topological polar surface area (TPSA) is 84.7 Å². The zero-order chi connectivity index (χ0) is 24.1. The molecule has 2 rings (SSSR count). The number of amides is 2. The molecule has 0 unspecified atom stereocenters. The van der Waals surface area contributed by atoms with Crippen molar-refractivity contribution in [3.05, 3.63) is 64.1 Å². The van der Waals surface area contributed by atoms with Crippen molar-refractivity contribution in [2.24, 2.45) is 5.73 Å². The maximum absolute atomic E-state index is 12.8. The van der Waals surface area contributed by atoms with E-state index in [-0.39, 0.29) is 17.4 Å². The fourth-order valence-electron chi connectivity index (χ4n) is 3.19. The van der Waals surface area contributed by atoms with E-state index in [2.05, 4.69) is 28.2 Å². The average molecular weight is 535 g/mol. The van der Waals surface area contributed by atoms with Crippen LogP contribution in [0.3, 0.4) is 0 Å². The van der Waals surface area contributed by atoms with E-state index in [9.17, 15) is 9.59 Å². The molecule has 0 aromatic heterocycles. The standard InChI is InChI=1S/C25H32BrN3O3S/c1-2-3-4-8-17-32-22-12-11-20(18-21(22)26)24(31)28-25(33)29(16-14-23(27)30)15-13-19-9-6-5-7-10-19/h5-7,9-12,18H,2-4,8,13-17H2,1H3,(H2,27,30)(H,28,31,33). The zero-order valence-corrected chi connectivity index (χ0v) is 21.4. The number of hydrogen-bond acceptors (Lipinski definition) is 4. The van der Waals surface area contributed by atoms with Crippen LogP contribution in [-0.4, -0.2) is 41.5 Å². The molecule has 0 saturated heterocycles. The summed E-state index contributed by atoms with van der Waals surface area (Å²) in [5.41, 5.74) is 6.92. The number of benzene rings is 2. The number of nitrogens with one attached hydrogen (secondary N) is 1. The molecular formula is C25H32BrN3O3S. The molecule has 2 aromatic rings. The van der Waals surface area contributed by atoms with Gasteiger partial charge in [0.15, 0.2) is 5.11 Å². The molecule has 2 amide bonds. The van der Waals surface area contributed by atoms with E-state index >= 15 is 0 Å². The molecule has 0 spiro atoms. The van der Waals surface area contributed by atoms with Gasteiger partial charge in [0.05, 0.1) is 11.1 Å². The SMILES string of the molecule is CCCCCCOc1ccc(C(=O)NC(=S)N(CCC(N)=O)CCc2ccccc2)cc1Br. The van der Waals surface area contributed by atoms with Crippen LogP contribution >= 0.6 is 28.1 Å². The van der Waals surface area contributed by atoms with Crippen molar-refractivity contribution in [3.63, 3.8) is 0 Å². The predicted molar refractivity (Wildman–Crippen MR) is 139 cm³/mol. The van der Waals surface area contributed by atoms with Crippen LogP contribution in [0, 0.1) is 0 Å². The molecule has 0 radical (unpaired) electrons. The molecule has 0 fully saturated rings. The second-order valence-corrected chi connectivity index (χ2v) is 8.99. The second-order valence-electron chi connectivity index (χ2n) is 7.75. The van der Waals surface area contributed by atoms with Gasteiger partial charge in [0.1, 0.15) is 5.75 Å². The van der Waals surface area contributed by atoms with Crippen LogP contribution in [0.4, 0.5) is 0 Å². The van der Waals surface area contributed by atoms with Crippen molar-refractivity contribution in [2.75, 3.05) is 19.7 Å². The third kappa shape index (κ3) is 9.92. The van der Waals surface area contributed by atoms with Crippen molar-refractivity contribution in [1.82, 2.24) is 10.2 Å². The molecule has 0 saturated carbocycles. The molecule has 0 bridgehead atoms. The molecule has 3 N–H and O–H groups in total. The number of primary amides is 1. The third-order valence-corrected chi connectivity index (χ3v) is 6.08. The Kier molecular flexibility index (Phi) is 11.9. The van der Waals surface area contributed by atoms with Gasteiger partial charge >= 0.3 is 0 Å². The highest BCUT2D eigenvalue weighted by molar-refractivity contribution is 9.10. The largest absolute Gasteiger partial charge is 0.492 e. The lowest BCUT2D eigenvalue weighted by molar-refractivity contribution is -0.118. The Labute approximate surface area is 210 Å². The van der Waals surface area contributed by atoms with Crippen LogP contribution in [0.2, 0.25) is 0 Å². The van der Waals surface area contributed by atoms with E-state index in [1.165, 1.54) is 12.8 Å². The smallest absolute Gasteiger partial charge is 0.257 e. The summed E-state index contributed by atoms with van der Waals surface area (Å²) >= 11 is 8.96. The molecule has 0 aliphatic carbocycles. The van der Waals surface area contributed by atoms with Crippen LogP contribution < -0.4 is 15.8 Å². The molecular weight excluding hydrogens is 502 g/mol. The molecule has 0 aliphatic rings. The van der Waals surface area contributed by atoms with Crippen LogP contribution in [-0.2, 0) is 11.2 Å². The minimum atomic E-state index is -0.414. The van der Waals surface area contributed by atoms with Gasteiger partial charge < -0.3 is 15.4 Å². The zero-order valence-electron chi connectivity index (χ0n) is 19.0. The molecule has 33 heavy (non-hydrogen) atoms. The van der Waals surface area contributed by atoms with Gasteiger partial charge in [0.25, 0.3) is 5.91 Å². The normalized spacial score (nSPS) is 10.5. The first kappa shape index (κ1) is 26.8. The Morgan fingerprint density at radius 2 is 1.85 bits per heavy atom. The Morgan fingerprint density at radius 3 is 2.52 bits per heavy atom. The molecule has 0 atom stereocenters. The van der Waals surface area contributed by atoms with Crippen molar-refractivity contribution in [3.8, 4) is 5.75 Å². The highest BCUT2D eigenvalue weighted by atomic mass is 79.9. The first-order valence-electron chi connectivity index (χ1n) is 11.3. The highest BCUT2D eigenvalue weighted by Gasteiger charge is 2.16. The maximum Gasteiger partial charge on any atom is 0.257 e. The quantitative estimate of drug-likeness (QED) is 0.284. The minimum Gasteiger partial charge on any atom is -0.492 e. The Morgan fingerprint density at radius 1 is 1.09 bits per heavy atom. The van der Waals surface area contributed by atoms with E-state index in [1.54, 1.807) is 23.1 Å². The monoisotopic (exact) mass is 533 g/mol. The van der Waals surface area contributed by atoms with E-state index in [1.807, 2.05) is 30.3 Å². The van der Waals surface area contributed by atoms with Gasteiger partial charge in [0.2, 0.25) is 5.91 Å². The number of halogens is 1. The molecule has 2 aromatic carbocycles. The molecule has 8 heteroatoms. The predicted octanol–water partition coefficient (Wildman–Crippen LogP) is 4.84. The summed E-state index contributed by atoms with van der Waals surface area (Å²) in [7, 11) is 0. The lowest BCUT2D eigenvalue weighted by atomic mass is 10.1. The molecule has 0 heterocycles. The number of thiocarbonyl (C=S) groups is 1. The fraction of sp³-hybridized carbons (Fsp3) is 0.400. The van der Waals surface area contributed by atoms with Crippen molar-refractivity contribution >= 4 is 45.1 Å². The van der Waals surface area contributed by atoms with Gasteiger partial charge in [-0.1, -0.05) is 56.5 Å². The van der Waals surface area contributed by atoms with Crippen molar-refractivity contribution in [1.29, 1.82) is 0 Å². The number of carbonyl (C=O) groups excluding carboxylic acids is 2. The Hall–Kier alpha value is -2.45. The summed E-state index contributed by atoms with van der Waals surface area (Å²) in [5, 5.41) is 3.04. The van der Waals surface area contributed by atoms with Gasteiger partial charge in [-0.2, -0.15) is 0 Å². The van der Waals surface area contributed by atoms with E-state index in [0.717, 1.165) is 24.8 Å². The average Bonchev–Trinajstić information content (AvgIpc) is 2.80. The number of nitrogens with zero attached hydrogens (tertiary/aromatic N) is 1. The number of ether oxygens (including phenoxy) is 1. The second kappa shape index (κ2) is 14.6. The van der Waals surface area contributed by atoms with Crippen LogP contribution in [0.5, 0.6) is 5.75 Å². The number of nitrogens with two attached hydrogens (primary N) is 1. The summed E-state index contributed by atoms with van der Waals surface area (Å²) in [4.78, 5) is 25.9. The van der Waals surface area contributed by atoms with Crippen molar-refractivity contribution in [2.45, 2.75) is 45.4 Å². The van der Waals surface area contributed by atoms with Crippen LogP contribution in [0.25, 0.3) is 0 Å². The Bertz CT molecular complexity index is 924. The van der Waals surface area contributed by atoms with Crippen LogP contribution in [0.1, 0.15) is 54.9 Å². The van der Waals surface area contributed by atoms with Gasteiger partial charge in [-0.15, -0.1) is 0 Å². The number of rotatable bonds is 13. The molecule has 6 nitrogen and oxygen atoms in total. The van der Waals surface area contributed by atoms with Gasteiger partial charge in [0, 0.05) is 25.1 Å². The molecule has 0 aliphatic heterocycles. The first-order chi connectivity index (χ1) is 15.9. The van der Waals surface area contributed by atoms with E-state index in [0.29, 0.717) is 35.5 Å². The van der Waals surface area contributed by atoms with Gasteiger partial charge in [-0.3, -0.25) is 14.9 Å². The fourth-order valence-corrected chi connectivity index (χ4v) is 3.96. The van der Waals surface area contributed by atoms with Crippen LogP contribution in [0.15, 0.2) is 53.0 Å².